The van der Waals surface area contributed by atoms with E-state index >= 15 is 0 Å². The van der Waals surface area contributed by atoms with Crippen LogP contribution in [0.1, 0.15) is 24.8 Å². The fourth-order valence-corrected chi connectivity index (χ4v) is 3.53. The van der Waals surface area contributed by atoms with E-state index in [4.69, 9.17) is 17.3 Å². The zero-order valence-corrected chi connectivity index (χ0v) is 9.15. The van der Waals surface area contributed by atoms with Gasteiger partial charge in [-0.1, -0.05) is 17.7 Å². The Hall–Kier alpha value is -0.600. The van der Waals surface area contributed by atoms with Crippen LogP contribution in [-0.4, -0.2) is 6.54 Å². The molecule has 1 nitrogen and oxygen atoms in total. The molecule has 0 saturated heterocycles. The predicted octanol–water partition coefficient (Wildman–Crippen LogP) is 2.86. The molecule has 0 aliphatic heterocycles. The number of hydrogen-bond acceptors (Lipinski definition) is 1. The fraction of sp³-hybridized carbons (Fsp3) is 0.500. The minimum Gasteiger partial charge on any atom is -0.330 e. The van der Waals surface area contributed by atoms with Crippen LogP contribution in [0.5, 0.6) is 0 Å². The Labute approximate surface area is 93.4 Å². The molecule has 0 aromatic heterocycles. The number of benzene rings is 1. The number of halogens is 2. The maximum Gasteiger partial charge on any atom is 0.141 e. The highest BCUT2D eigenvalue weighted by Gasteiger charge is 2.67. The molecule has 15 heavy (non-hydrogen) atoms. The van der Waals surface area contributed by atoms with Crippen LogP contribution in [0.2, 0.25) is 5.02 Å². The lowest BCUT2D eigenvalue weighted by Gasteiger charge is -2.71. The average molecular weight is 226 g/mol. The second-order valence-corrected chi connectivity index (χ2v) is 5.55. The minimum atomic E-state index is -0.333. The second-order valence-electron chi connectivity index (χ2n) is 5.14. The normalized spacial score (nSPS) is 37.0. The number of nitrogens with two attached hydrogens (primary N) is 1. The third kappa shape index (κ3) is 1.12. The van der Waals surface area contributed by atoms with Crippen molar-refractivity contribution in [2.24, 2.45) is 11.1 Å². The smallest absolute Gasteiger partial charge is 0.141 e. The molecule has 3 fully saturated rings. The van der Waals surface area contributed by atoms with E-state index in [0.717, 1.165) is 25.8 Å². The topological polar surface area (TPSA) is 26.0 Å². The van der Waals surface area contributed by atoms with Gasteiger partial charge in [0.1, 0.15) is 5.82 Å². The van der Waals surface area contributed by atoms with Gasteiger partial charge in [0.15, 0.2) is 0 Å². The van der Waals surface area contributed by atoms with E-state index in [1.54, 1.807) is 6.07 Å². The number of rotatable bonds is 2. The van der Waals surface area contributed by atoms with Crippen LogP contribution in [0.25, 0.3) is 0 Å². The van der Waals surface area contributed by atoms with Gasteiger partial charge in [-0.25, -0.2) is 4.39 Å². The summed E-state index contributed by atoms with van der Waals surface area (Å²) in [5.74, 6) is -0.333. The van der Waals surface area contributed by atoms with Crippen LogP contribution < -0.4 is 5.73 Å². The van der Waals surface area contributed by atoms with Crippen molar-refractivity contribution in [2.75, 3.05) is 6.54 Å². The van der Waals surface area contributed by atoms with E-state index in [1.165, 1.54) is 11.6 Å². The zero-order chi connectivity index (χ0) is 10.7. The van der Waals surface area contributed by atoms with Gasteiger partial charge in [0.25, 0.3) is 0 Å². The SMILES string of the molecule is NCC12CC(c3ccc(F)c(Cl)c3)(C1)C2. The van der Waals surface area contributed by atoms with E-state index in [2.05, 4.69) is 0 Å². The lowest BCUT2D eigenvalue weighted by atomic mass is 9.33. The van der Waals surface area contributed by atoms with Crippen molar-refractivity contribution in [3.05, 3.63) is 34.6 Å². The first-order valence-corrected chi connectivity index (χ1v) is 5.63. The van der Waals surface area contributed by atoms with Gasteiger partial charge in [-0.2, -0.15) is 0 Å². The van der Waals surface area contributed by atoms with Crippen molar-refractivity contribution in [1.29, 1.82) is 0 Å². The lowest BCUT2D eigenvalue weighted by molar-refractivity contribution is -0.132. The summed E-state index contributed by atoms with van der Waals surface area (Å²) in [5.41, 5.74) is 7.57. The van der Waals surface area contributed by atoms with Crippen LogP contribution in [0.4, 0.5) is 4.39 Å². The molecule has 0 heterocycles. The van der Waals surface area contributed by atoms with Crippen molar-refractivity contribution < 1.29 is 4.39 Å². The van der Waals surface area contributed by atoms with Crippen molar-refractivity contribution in [3.63, 3.8) is 0 Å². The molecule has 3 aliphatic carbocycles. The molecule has 80 valence electrons. The minimum absolute atomic E-state index is 0.235. The largest absolute Gasteiger partial charge is 0.330 e. The van der Waals surface area contributed by atoms with E-state index < -0.39 is 0 Å². The molecule has 1 aromatic carbocycles. The molecule has 1 aromatic rings. The first kappa shape index (κ1) is 9.61. The molecule has 0 atom stereocenters. The molecule has 2 N–H and O–H groups in total. The molecular formula is C12H13ClFN. The second kappa shape index (κ2) is 2.74. The summed E-state index contributed by atoms with van der Waals surface area (Å²) in [6.07, 6.45) is 3.45. The van der Waals surface area contributed by atoms with Gasteiger partial charge in [0, 0.05) is 0 Å². The summed E-state index contributed by atoms with van der Waals surface area (Å²) in [7, 11) is 0. The van der Waals surface area contributed by atoms with E-state index in [9.17, 15) is 4.39 Å². The summed E-state index contributed by atoms with van der Waals surface area (Å²) in [6, 6.07) is 5.10. The third-order valence-electron chi connectivity index (χ3n) is 4.11. The van der Waals surface area contributed by atoms with Crippen molar-refractivity contribution in [2.45, 2.75) is 24.7 Å². The highest BCUT2D eigenvalue weighted by Crippen LogP contribution is 2.73. The first-order valence-electron chi connectivity index (χ1n) is 5.25. The van der Waals surface area contributed by atoms with Crippen LogP contribution in [0.3, 0.4) is 0 Å². The number of hydrogen-bond donors (Lipinski definition) is 1. The molecule has 2 bridgehead atoms. The van der Waals surface area contributed by atoms with Gasteiger partial charge in [-0.3, -0.25) is 0 Å². The van der Waals surface area contributed by atoms with Crippen LogP contribution >= 0.6 is 11.6 Å². The molecule has 0 spiro atoms. The van der Waals surface area contributed by atoms with Crippen molar-refractivity contribution >= 4 is 11.6 Å². The third-order valence-corrected chi connectivity index (χ3v) is 4.39. The standard InChI is InChI=1S/C12H13ClFN/c13-9-3-8(1-2-10(9)14)12-4-11(5-12,6-12)7-15/h1-3H,4-7,15H2. The van der Waals surface area contributed by atoms with E-state index in [-0.39, 0.29) is 16.3 Å². The fourth-order valence-electron chi connectivity index (χ4n) is 3.35. The van der Waals surface area contributed by atoms with Crippen molar-refractivity contribution in [3.8, 4) is 0 Å². The van der Waals surface area contributed by atoms with Crippen LogP contribution in [0, 0.1) is 11.2 Å². The first-order chi connectivity index (χ1) is 7.09. The molecule has 3 saturated carbocycles. The Morgan fingerprint density at radius 3 is 2.53 bits per heavy atom. The van der Waals surface area contributed by atoms with E-state index in [0.29, 0.717) is 5.41 Å². The Morgan fingerprint density at radius 2 is 2.00 bits per heavy atom. The summed E-state index contributed by atoms with van der Waals surface area (Å²) < 4.78 is 13.0. The van der Waals surface area contributed by atoms with Crippen LogP contribution in [-0.2, 0) is 5.41 Å². The van der Waals surface area contributed by atoms with E-state index in [1.807, 2.05) is 6.07 Å². The van der Waals surface area contributed by atoms with Gasteiger partial charge >= 0.3 is 0 Å². The Morgan fingerprint density at radius 1 is 1.33 bits per heavy atom. The van der Waals surface area contributed by atoms with Gasteiger partial charge < -0.3 is 5.73 Å². The maximum absolute atomic E-state index is 13.0. The molecule has 0 radical (unpaired) electrons. The van der Waals surface area contributed by atoms with Gasteiger partial charge in [0.2, 0.25) is 0 Å². The summed E-state index contributed by atoms with van der Waals surface area (Å²) >= 11 is 5.79. The summed E-state index contributed by atoms with van der Waals surface area (Å²) in [4.78, 5) is 0. The summed E-state index contributed by atoms with van der Waals surface area (Å²) in [6.45, 7) is 0.781. The Bertz CT molecular complexity index is 410. The molecular weight excluding hydrogens is 213 g/mol. The van der Waals surface area contributed by atoms with Crippen molar-refractivity contribution in [1.82, 2.24) is 0 Å². The predicted molar refractivity (Wildman–Crippen MR) is 58.4 cm³/mol. The average Bonchev–Trinajstić information content (AvgIpc) is 2.07. The van der Waals surface area contributed by atoms with Gasteiger partial charge in [0.05, 0.1) is 5.02 Å². The Kier molecular flexibility index (Phi) is 1.76. The molecule has 0 amide bonds. The molecule has 3 heteroatoms. The lowest BCUT2D eigenvalue weighted by Crippen LogP contribution is -2.67. The summed E-state index contributed by atoms with van der Waals surface area (Å²) in [5, 5.41) is 0.235. The van der Waals surface area contributed by atoms with Gasteiger partial charge in [-0.15, -0.1) is 0 Å². The quantitative estimate of drug-likeness (QED) is 0.823. The maximum atomic E-state index is 13.0. The molecule has 3 aliphatic rings. The monoisotopic (exact) mass is 225 g/mol. The van der Waals surface area contributed by atoms with Crippen LogP contribution in [0.15, 0.2) is 18.2 Å². The Balaban J connectivity index is 1.88. The van der Waals surface area contributed by atoms with Gasteiger partial charge in [-0.05, 0) is 54.3 Å². The highest BCUT2D eigenvalue weighted by atomic mass is 35.5. The molecule has 0 unspecified atom stereocenters. The molecule has 4 rings (SSSR count). The highest BCUT2D eigenvalue weighted by molar-refractivity contribution is 6.30. The zero-order valence-electron chi connectivity index (χ0n) is 8.39.